The van der Waals surface area contributed by atoms with Crippen molar-refractivity contribution in [3.8, 4) is 0 Å². The lowest BCUT2D eigenvalue weighted by Crippen LogP contribution is -2.17. The number of carbonyl (C=O) groups is 2. The largest absolute Gasteiger partial charge is 0.324 e. The molecule has 0 unspecified atom stereocenters. The van der Waals surface area contributed by atoms with Gasteiger partial charge in [-0.05, 0) is 49.1 Å². The van der Waals surface area contributed by atoms with Crippen molar-refractivity contribution in [3.05, 3.63) is 72.6 Å². The van der Waals surface area contributed by atoms with Crippen LogP contribution in [0.3, 0.4) is 0 Å². The maximum absolute atomic E-state index is 12.2. The normalized spacial score (nSPS) is 15.9. The average Bonchev–Trinajstić information content (AvgIpc) is 3.15. The molecule has 0 aliphatic heterocycles. The Balaban J connectivity index is 1.61. The maximum Gasteiger partial charge on any atom is 0.248 e. The highest BCUT2D eigenvalue weighted by Gasteiger charge is 2.15. The smallest absolute Gasteiger partial charge is 0.248 e. The van der Waals surface area contributed by atoms with Crippen molar-refractivity contribution in [2.75, 3.05) is 10.6 Å². The van der Waals surface area contributed by atoms with Crippen LogP contribution in [0.4, 0.5) is 11.4 Å². The number of allylic oxidation sites excluding steroid dienone is 2. The van der Waals surface area contributed by atoms with E-state index in [9.17, 15) is 9.59 Å². The zero-order chi connectivity index (χ0) is 18.2. The molecule has 1 atom stereocenters. The van der Waals surface area contributed by atoms with Gasteiger partial charge in [0.25, 0.3) is 0 Å². The second-order valence-electron chi connectivity index (χ2n) is 6.14. The number of nitrogens with zero attached hydrogens (tertiary/aromatic N) is 1. The highest BCUT2D eigenvalue weighted by Crippen LogP contribution is 2.24. The predicted molar refractivity (Wildman–Crippen MR) is 103 cm³/mol. The SMILES string of the molecule is O=C(/C=C/c1ccccn1)Nc1ccccc1NC(=O)C[C@H]1C=CCC1. The van der Waals surface area contributed by atoms with Gasteiger partial charge >= 0.3 is 0 Å². The van der Waals surface area contributed by atoms with Gasteiger partial charge in [0.2, 0.25) is 11.8 Å². The summed E-state index contributed by atoms with van der Waals surface area (Å²) in [5.74, 6) is -0.0265. The molecule has 2 amide bonds. The van der Waals surface area contributed by atoms with Crippen LogP contribution in [0.25, 0.3) is 6.08 Å². The molecule has 0 radical (unpaired) electrons. The molecule has 0 saturated heterocycles. The number of para-hydroxylation sites is 2. The second-order valence-corrected chi connectivity index (χ2v) is 6.14. The molecule has 0 saturated carbocycles. The fraction of sp³-hybridized carbons (Fsp3) is 0.190. The van der Waals surface area contributed by atoms with Gasteiger partial charge < -0.3 is 10.6 Å². The summed E-state index contributed by atoms with van der Waals surface area (Å²) in [4.78, 5) is 28.5. The third-order valence-electron chi connectivity index (χ3n) is 4.11. The molecule has 1 aliphatic rings. The van der Waals surface area contributed by atoms with Crippen LogP contribution in [0.15, 0.2) is 66.9 Å². The van der Waals surface area contributed by atoms with Gasteiger partial charge in [-0.3, -0.25) is 14.6 Å². The van der Waals surface area contributed by atoms with Gasteiger partial charge in [0.1, 0.15) is 0 Å². The predicted octanol–water partition coefficient (Wildman–Crippen LogP) is 4.03. The van der Waals surface area contributed by atoms with Crippen molar-refractivity contribution in [2.45, 2.75) is 19.3 Å². The van der Waals surface area contributed by atoms with Gasteiger partial charge in [-0.25, -0.2) is 0 Å². The summed E-state index contributed by atoms with van der Waals surface area (Å²) in [6.07, 6.45) is 11.4. The first-order valence-corrected chi connectivity index (χ1v) is 8.66. The Kier molecular flexibility index (Phi) is 5.93. The minimum absolute atomic E-state index is 0.0488. The number of aromatic nitrogens is 1. The van der Waals surface area contributed by atoms with Crippen LogP contribution in [0, 0.1) is 5.92 Å². The minimum Gasteiger partial charge on any atom is -0.324 e. The van der Waals surface area contributed by atoms with Crippen LogP contribution in [0.1, 0.15) is 25.0 Å². The van der Waals surface area contributed by atoms with E-state index in [-0.39, 0.29) is 11.8 Å². The molecular formula is C21H21N3O2. The van der Waals surface area contributed by atoms with Gasteiger partial charge in [-0.15, -0.1) is 0 Å². The van der Waals surface area contributed by atoms with Crippen molar-refractivity contribution in [2.24, 2.45) is 5.92 Å². The topological polar surface area (TPSA) is 71.1 Å². The van der Waals surface area contributed by atoms with E-state index in [1.54, 1.807) is 24.4 Å². The lowest BCUT2D eigenvalue weighted by atomic mass is 10.0. The molecule has 0 spiro atoms. The molecule has 1 aromatic carbocycles. The summed E-state index contributed by atoms with van der Waals surface area (Å²) < 4.78 is 0. The number of hydrogen-bond donors (Lipinski definition) is 2. The molecule has 5 heteroatoms. The summed E-state index contributed by atoms with van der Waals surface area (Å²) in [7, 11) is 0. The number of anilines is 2. The summed E-state index contributed by atoms with van der Waals surface area (Å²) in [5.41, 5.74) is 1.87. The summed E-state index contributed by atoms with van der Waals surface area (Å²) in [6.45, 7) is 0. The molecule has 1 aromatic heterocycles. The van der Waals surface area contributed by atoms with E-state index >= 15 is 0 Å². The molecule has 26 heavy (non-hydrogen) atoms. The first-order valence-electron chi connectivity index (χ1n) is 8.66. The van der Waals surface area contributed by atoms with E-state index in [4.69, 9.17) is 0 Å². The molecule has 2 aromatic rings. The van der Waals surface area contributed by atoms with Crippen LogP contribution >= 0.6 is 0 Å². The van der Waals surface area contributed by atoms with Crippen LogP contribution < -0.4 is 10.6 Å². The lowest BCUT2D eigenvalue weighted by Gasteiger charge is -2.13. The molecule has 0 bridgehead atoms. The molecule has 1 aliphatic carbocycles. The summed E-state index contributed by atoms with van der Waals surface area (Å²) >= 11 is 0. The molecule has 3 rings (SSSR count). The third kappa shape index (κ3) is 5.14. The Morgan fingerprint density at radius 2 is 1.85 bits per heavy atom. The van der Waals surface area contributed by atoms with Crippen LogP contribution in [0.2, 0.25) is 0 Å². The Labute approximate surface area is 152 Å². The third-order valence-corrected chi connectivity index (χ3v) is 4.11. The number of hydrogen-bond acceptors (Lipinski definition) is 3. The Morgan fingerprint density at radius 3 is 2.54 bits per heavy atom. The number of amides is 2. The minimum atomic E-state index is -0.281. The second kappa shape index (κ2) is 8.76. The van der Waals surface area contributed by atoms with Gasteiger partial charge in [0.05, 0.1) is 17.1 Å². The fourth-order valence-electron chi connectivity index (χ4n) is 2.82. The van der Waals surface area contributed by atoms with E-state index in [1.165, 1.54) is 6.08 Å². The van der Waals surface area contributed by atoms with Crippen molar-refractivity contribution in [1.82, 2.24) is 4.98 Å². The Hall–Kier alpha value is -3.21. The molecule has 1 heterocycles. The highest BCUT2D eigenvalue weighted by molar-refractivity contribution is 6.05. The fourth-order valence-corrected chi connectivity index (χ4v) is 2.82. The summed E-state index contributed by atoms with van der Waals surface area (Å²) in [6, 6.07) is 12.7. The van der Waals surface area contributed by atoms with E-state index in [0.717, 1.165) is 12.8 Å². The van der Waals surface area contributed by atoms with Crippen LogP contribution in [0.5, 0.6) is 0 Å². The summed E-state index contributed by atoms with van der Waals surface area (Å²) in [5, 5.41) is 5.69. The standard InChI is InChI=1S/C21H21N3O2/c25-20(13-12-17-9-5-6-14-22-17)23-18-10-3-4-11-19(18)24-21(26)15-16-7-1-2-8-16/h1,3-7,9-14,16H,2,8,15H2,(H,23,25)(H,24,26)/b13-12+/t16-/m0/s1. The van der Waals surface area contributed by atoms with Crippen LogP contribution in [-0.2, 0) is 9.59 Å². The molecule has 2 N–H and O–H groups in total. The average molecular weight is 347 g/mol. The highest BCUT2D eigenvalue weighted by atomic mass is 16.2. The van der Waals surface area contributed by atoms with Crippen molar-refractivity contribution < 1.29 is 9.59 Å². The zero-order valence-corrected chi connectivity index (χ0v) is 14.4. The van der Waals surface area contributed by atoms with E-state index in [1.807, 2.05) is 30.3 Å². The van der Waals surface area contributed by atoms with Crippen molar-refractivity contribution in [3.63, 3.8) is 0 Å². The van der Waals surface area contributed by atoms with Gasteiger partial charge in [-0.2, -0.15) is 0 Å². The van der Waals surface area contributed by atoms with Gasteiger partial charge in [0, 0.05) is 18.7 Å². The number of nitrogens with one attached hydrogen (secondary N) is 2. The van der Waals surface area contributed by atoms with Crippen LogP contribution in [-0.4, -0.2) is 16.8 Å². The molecule has 0 fully saturated rings. The molecule has 132 valence electrons. The van der Waals surface area contributed by atoms with E-state index in [0.29, 0.717) is 29.4 Å². The Morgan fingerprint density at radius 1 is 1.08 bits per heavy atom. The zero-order valence-electron chi connectivity index (χ0n) is 14.4. The first-order chi connectivity index (χ1) is 12.7. The first kappa shape index (κ1) is 17.6. The van der Waals surface area contributed by atoms with E-state index in [2.05, 4.69) is 27.8 Å². The van der Waals surface area contributed by atoms with Gasteiger partial charge in [0.15, 0.2) is 0 Å². The van der Waals surface area contributed by atoms with E-state index < -0.39 is 0 Å². The molecule has 5 nitrogen and oxygen atoms in total. The van der Waals surface area contributed by atoms with Crippen molar-refractivity contribution in [1.29, 1.82) is 0 Å². The number of benzene rings is 1. The molecular weight excluding hydrogens is 326 g/mol. The Bertz CT molecular complexity index is 828. The van der Waals surface area contributed by atoms with Gasteiger partial charge in [-0.1, -0.05) is 30.4 Å². The quantitative estimate of drug-likeness (QED) is 0.612. The monoisotopic (exact) mass is 347 g/mol. The maximum atomic E-state index is 12.2. The van der Waals surface area contributed by atoms with Crippen molar-refractivity contribution >= 4 is 29.3 Å². The number of carbonyl (C=O) groups excluding carboxylic acids is 2. The number of pyridine rings is 1. The number of rotatable bonds is 6. The lowest BCUT2D eigenvalue weighted by molar-refractivity contribution is -0.117.